The van der Waals surface area contributed by atoms with E-state index in [0.29, 0.717) is 38.9 Å². The predicted octanol–water partition coefficient (Wildman–Crippen LogP) is 3.87. The molecule has 3 aromatic rings. The summed E-state index contributed by atoms with van der Waals surface area (Å²) in [4.78, 5) is 65.4. The summed E-state index contributed by atoms with van der Waals surface area (Å²) in [6.07, 6.45) is 3.25. The van der Waals surface area contributed by atoms with Gasteiger partial charge in [0, 0.05) is 75.9 Å². The van der Waals surface area contributed by atoms with E-state index in [1.807, 2.05) is 95.3 Å². The molecule has 14 heteroatoms. The number of pyridine rings is 2. The van der Waals surface area contributed by atoms with E-state index in [-0.39, 0.29) is 49.8 Å². The lowest BCUT2D eigenvalue weighted by molar-refractivity contribution is -0.131. The molecule has 4 unspecified atom stereocenters. The van der Waals surface area contributed by atoms with Crippen LogP contribution in [0.25, 0.3) is 0 Å². The number of hydrogen-bond acceptors (Lipinski definition) is 9. The van der Waals surface area contributed by atoms with Crippen LogP contribution < -0.4 is 16.1 Å². The first-order chi connectivity index (χ1) is 26.3. The van der Waals surface area contributed by atoms with Crippen molar-refractivity contribution in [1.29, 1.82) is 0 Å². The van der Waals surface area contributed by atoms with Crippen LogP contribution in [0.5, 0.6) is 0 Å². The van der Waals surface area contributed by atoms with E-state index >= 15 is 0 Å². The van der Waals surface area contributed by atoms with Crippen LogP contribution in [0.4, 0.5) is 9.59 Å². The molecule has 1 aliphatic heterocycles. The zero-order chi connectivity index (χ0) is 40.0. The standard InChI is InChI=1S/C41H58N8O6/c1-7-29(2)37(49-23-22-47(40(49)54)21-18-33-15-11-12-30(3)44-33)38(52)45-34(24-31-13-9-8-10-14-31)35(50)27-48(26-32-16-19-42-20-17-32)46-36(51)25-41(4,5)28-43-39(53)55-6/h8-17,19-20,29,34-35,37,50H,7,18,21-28H2,1-6H3,(H,43,53)(H,45,52)(H,46,51). The van der Waals surface area contributed by atoms with Crippen LogP contribution in [0.15, 0.2) is 73.1 Å². The Balaban J connectivity index is 1.52. The minimum absolute atomic E-state index is 0.0237. The Labute approximate surface area is 325 Å². The molecule has 3 heterocycles. The lowest BCUT2D eigenvalue weighted by atomic mass is 9.89. The minimum Gasteiger partial charge on any atom is -0.453 e. The highest BCUT2D eigenvalue weighted by atomic mass is 16.5. The third-order valence-electron chi connectivity index (χ3n) is 9.94. The molecule has 4 atom stereocenters. The lowest BCUT2D eigenvalue weighted by Gasteiger charge is -2.35. The molecule has 1 saturated heterocycles. The number of rotatable bonds is 20. The first-order valence-corrected chi connectivity index (χ1v) is 19.0. The van der Waals surface area contributed by atoms with E-state index in [1.54, 1.807) is 27.2 Å². The van der Waals surface area contributed by atoms with E-state index in [9.17, 15) is 24.3 Å². The summed E-state index contributed by atoms with van der Waals surface area (Å²) in [7, 11) is 1.28. The Morgan fingerprint density at radius 2 is 1.75 bits per heavy atom. The van der Waals surface area contributed by atoms with Gasteiger partial charge in [0.15, 0.2) is 0 Å². The largest absolute Gasteiger partial charge is 0.453 e. The molecule has 2 aromatic heterocycles. The van der Waals surface area contributed by atoms with Gasteiger partial charge in [-0.05, 0) is 60.1 Å². The molecule has 1 fully saturated rings. The average molecular weight is 759 g/mol. The van der Waals surface area contributed by atoms with E-state index < -0.39 is 29.7 Å². The highest BCUT2D eigenvalue weighted by molar-refractivity contribution is 5.88. The highest BCUT2D eigenvalue weighted by Gasteiger charge is 2.40. The smallest absolute Gasteiger partial charge is 0.406 e. The third-order valence-corrected chi connectivity index (χ3v) is 9.94. The first kappa shape index (κ1) is 42.7. The number of nitrogens with zero attached hydrogens (tertiary/aromatic N) is 5. The molecule has 0 saturated carbocycles. The first-order valence-electron chi connectivity index (χ1n) is 19.0. The summed E-state index contributed by atoms with van der Waals surface area (Å²) in [6, 6.07) is 17.4. The SMILES string of the molecule is CCC(C)C(C(=O)NC(Cc1ccccc1)C(O)CN(Cc1ccncc1)NC(=O)CC(C)(C)CNC(=O)OC)N1CCN(CCc2cccc(C)n2)C1=O. The van der Waals surface area contributed by atoms with Crippen LogP contribution in [0.1, 0.15) is 63.1 Å². The van der Waals surface area contributed by atoms with Crippen molar-refractivity contribution in [2.24, 2.45) is 11.3 Å². The zero-order valence-corrected chi connectivity index (χ0v) is 33.0. The molecule has 4 N–H and O–H groups in total. The van der Waals surface area contributed by atoms with Crippen LogP contribution in [-0.2, 0) is 33.7 Å². The number of amides is 5. The summed E-state index contributed by atoms with van der Waals surface area (Å²) in [6.45, 7) is 11.5. The molecule has 1 aromatic carbocycles. The maximum Gasteiger partial charge on any atom is 0.406 e. The number of alkyl carbamates (subject to hydrolysis) is 1. The maximum absolute atomic E-state index is 14.4. The number of methoxy groups -OCH3 is 1. The molecule has 1 aliphatic rings. The normalized spacial score (nSPS) is 15.3. The number of carbonyl (C=O) groups excluding carboxylic acids is 4. The van der Waals surface area contributed by atoms with Gasteiger partial charge in [-0.2, -0.15) is 0 Å². The van der Waals surface area contributed by atoms with Gasteiger partial charge in [0.25, 0.3) is 0 Å². The van der Waals surface area contributed by atoms with Crippen molar-refractivity contribution >= 4 is 23.9 Å². The van der Waals surface area contributed by atoms with Crippen molar-refractivity contribution in [3.63, 3.8) is 0 Å². The average Bonchev–Trinajstić information content (AvgIpc) is 3.52. The van der Waals surface area contributed by atoms with Crippen LogP contribution >= 0.6 is 0 Å². The molecule has 14 nitrogen and oxygen atoms in total. The molecule has 5 amide bonds. The molecule has 298 valence electrons. The number of aryl methyl sites for hydroxylation is 1. The number of hydrogen-bond donors (Lipinski definition) is 4. The van der Waals surface area contributed by atoms with Crippen LogP contribution in [0, 0.1) is 18.3 Å². The number of aliphatic hydroxyl groups excluding tert-OH is 1. The minimum atomic E-state index is -1.13. The Hall–Kier alpha value is -5.08. The van der Waals surface area contributed by atoms with E-state index in [1.165, 1.54) is 7.11 Å². The quantitative estimate of drug-likeness (QED) is 0.125. The van der Waals surface area contributed by atoms with Crippen molar-refractivity contribution in [2.45, 2.75) is 85.0 Å². The second-order valence-electron chi connectivity index (χ2n) is 15.1. The number of aliphatic hydroxyl groups is 1. The number of ether oxygens (including phenoxy) is 1. The predicted molar refractivity (Wildman–Crippen MR) is 209 cm³/mol. The van der Waals surface area contributed by atoms with Crippen LogP contribution in [0.3, 0.4) is 0 Å². The fourth-order valence-corrected chi connectivity index (χ4v) is 6.71. The number of hydrazine groups is 1. The van der Waals surface area contributed by atoms with Gasteiger partial charge in [-0.15, -0.1) is 0 Å². The molecule has 55 heavy (non-hydrogen) atoms. The maximum atomic E-state index is 14.4. The summed E-state index contributed by atoms with van der Waals surface area (Å²) in [5, 5.41) is 19.4. The van der Waals surface area contributed by atoms with Gasteiger partial charge >= 0.3 is 12.1 Å². The topological polar surface area (TPSA) is 169 Å². The number of nitrogens with one attached hydrogen (secondary N) is 3. The van der Waals surface area contributed by atoms with Gasteiger partial charge in [-0.25, -0.2) is 14.6 Å². The summed E-state index contributed by atoms with van der Waals surface area (Å²) >= 11 is 0. The zero-order valence-electron chi connectivity index (χ0n) is 33.0. The Kier molecular flexibility index (Phi) is 15.9. The number of aromatic nitrogens is 2. The Bertz CT molecular complexity index is 1690. The molecule has 0 spiro atoms. The van der Waals surface area contributed by atoms with Gasteiger partial charge in [0.1, 0.15) is 6.04 Å². The lowest BCUT2D eigenvalue weighted by Crippen LogP contribution is -2.58. The van der Waals surface area contributed by atoms with Crippen molar-refractivity contribution in [3.8, 4) is 0 Å². The number of carbonyl (C=O) groups is 4. The van der Waals surface area contributed by atoms with Crippen LogP contribution in [0.2, 0.25) is 0 Å². The van der Waals surface area contributed by atoms with Crippen molar-refractivity contribution in [1.82, 2.24) is 40.8 Å². The van der Waals surface area contributed by atoms with Gasteiger partial charge in [0.2, 0.25) is 11.8 Å². The second-order valence-corrected chi connectivity index (χ2v) is 15.1. The van der Waals surface area contributed by atoms with E-state index in [4.69, 9.17) is 0 Å². The van der Waals surface area contributed by atoms with Gasteiger partial charge in [-0.3, -0.25) is 25.0 Å². The molecular weight excluding hydrogens is 701 g/mol. The number of benzene rings is 1. The van der Waals surface area contributed by atoms with Crippen molar-refractivity contribution in [2.75, 3.05) is 39.8 Å². The van der Waals surface area contributed by atoms with Crippen molar-refractivity contribution < 1.29 is 29.0 Å². The van der Waals surface area contributed by atoms with Crippen molar-refractivity contribution in [3.05, 3.63) is 95.6 Å². The Morgan fingerprint density at radius 1 is 1.02 bits per heavy atom. The molecule has 0 aliphatic carbocycles. The summed E-state index contributed by atoms with van der Waals surface area (Å²) in [5.41, 5.74) is 5.94. The molecule has 0 bridgehead atoms. The molecule has 4 rings (SSSR count). The monoisotopic (exact) mass is 758 g/mol. The fourth-order valence-electron chi connectivity index (χ4n) is 6.71. The molecular formula is C41H58N8O6. The van der Waals surface area contributed by atoms with Gasteiger partial charge in [-0.1, -0.05) is 70.5 Å². The Morgan fingerprint density at radius 3 is 2.42 bits per heavy atom. The van der Waals surface area contributed by atoms with Crippen LogP contribution in [-0.4, -0.2) is 112 Å². The highest BCUT2D eigenvalue weighted by Crippen LogP contribution is 2.23. The summed E-state index contributed by atoms with van der Waals surface area (Å²) in [5.74, 6) is -0.806. The molecule has 0 radical (unpaired) electrons. The fraction of sp³-hybridized carbons (Fsp3) is 0.512. The second kappa shape index (κ2) is 20.6. The number of urea groups is 1. The van der Waals surface area contributed by atoms with E-state index in [0.717, 1.165) is 22.5 Å². The van der Waals surface area contributed by atoms with Gasteiger partial charge in [0.05, 0.1) is 19.3 Å². The summed E-state index contributed by atoms with van der Waals surface area (Å²) < 4.78 is 4.67. The van der Waals surface area contributed by atoms with E-state index in [2.05, 4.69) is 30.8 Å². The van der Waals surface area contributed by atoms with Gasteiger partial charge < -0.3 is 30.3 Å². The third kappa shape index (κ3) is 13.3.